The van der Waals surface area contributed by atoms with Crippen molar-refractivity contribution in [2.45, 2.75) is 19.1 Å². The minimum atomic E-state index is -1.02. The van der Waals surface area contributed by atoms with E-state index in [0.29, 0.717) is 0 Å². The van der Waals surface area contributed by atoms with E-state index >= 15 is 0 Å². The van der Waals surface area contributed by atoms with E-state index in [1.54, 1.807) is 0 Å². The van der Waals surface area contributed by atoms with E-state index in [-0.39, 0.29) is 12.0 Å². The number of esters is 2. The number of nitro groups is 2. The molecule has 0 bridgehead atoms. The molecule has 0 heterocycles. The number of quaternary nitrogens is 1. The van der Waals surface area contributed by atoms with Crippen molar-refractivity contribution in [3.05, 3.63) is 44.0 Å². The Bertz CT molecular complexity index is 613. The number of ether oxygens (including phenoxy) is 2. The Morgan fingerprint density at radius 1 is 1.17 bits per heavy atom. The molecule has 3 N–H and O–H groups in total. The van der Waals surface area contributed by atoms with Crippen LogP contribution in [0, 0.1) is 20.2 Å². The Morgan fingerprint density at radius 2 is 1.70 bits per heavy atom. The lowest BCUT2D eigenvalue weighted by molar-refractivity contribution is -0.408. The molecule has 1 aromatic carbocycles. The van der Waals surface area contributed by atoms with E-state index in [9.17, 15) is 29.8 Å². The van der Waals surface area contributed by atoms with E-state index in [0.717, 1.165) is 25.3 Å². The largest absolute Gasteiger partial charge is 0.469 e. The molecule has 0 saturated carbocycles. The molecule has 0 aliphatic rings. The molecule has 23 heavy (non-hydrogen) atoms. The van der Waals surface area contributed by atoms with Crippen molar-refractivity contribution < 1.29 is 34.6 Å². The van der Waals surface area contributed by atoms with Gasteiger partial charge in [0.15, 0.2) is 6.04 Å². The highest BCUT2D eigenvalue weighted by atomic mass is 16.6. The van der Waals surface area contributed by atoms with E-state index in [1.807, 2.05) is 0 Å². The van der Waals surface area contributed by atoms with Gasteiger partial charge in [0.2, 0.25) is 0 Å². The van der Waals surface area contributed by atoms with Gasteiger partial charge in [0, 0.05) is 17.7 Å². The number of carbonyl (C=O) groups excluding carboxylic acids is 2. The first-order valence-corrected chi connectivity index (χ1v) is 6.24. The predicted molar refractivity (Wildman–Crippen MR) is 72.9 cm³/mol. The van der Waals surface area contributed by atoms with Gasteiger partial charge < -0.3 is 15.2 Å². The van der Waals surface area contributed by atoms with Gasteiger partial charge in [-0.2, -0.15) is 0 Å². The van der Waals surface area contributed by atoms with Crippen LogP contribution < -0.4 is 5.73 Å². The van der Waals surface area contributed by atoms with Crippen LogP contribution in [-0.2, 0) is 25.7 Å². The smallest absolute Gasteiger partial charge is 0.365 e. The van der Waals surface area contributed by atoms with Crippen LogP contribution in [0.4, 0.5) is 11.4 Å². The third-order valence-electron chi connectivity index (χ3n) is 2.74. The molecule has 0 aliphatic heterocycles. The first-order chi connectivity index (χ1) is 10.7. The van der Waals surface area contributed by atoms with Crippen molar-refractivity contribution in [2.24, 2.45) is 0 Å². The highest BCUT2D eigenvalue weighted by Gasteiger charge is 2.24. The molecule has 1 aromatic rings. The quantitative estimate of drug-likeness (QED) is 0.405. The van der Waals surface area contributed by atoms with Crippen molar-refractivity contribution in [2.75, 3.05) is 7.11 Å². The summed E-state index contributed by atoms with van der Waals surface area (Å²) in [5, 5.41) is 21.5. The highest BCUT2D eigenvalue weighted by molar-refractivity contribution is 5.81. The minimum Gasteiger partial charge on any atom is -0.469 e. The van der Waals surface area contributed by atoms with Gasteiger partial charge in [0.25, 0.3) is 11.4 Å². The van der Waals surface area contributed by atoms with Gasteiger partial charge >= 0.3 is 11.9 Å². The van der Waals surface area contributed by atoms with Crippen LogP contribution in [-0.4, -0.2) is 34.9 Å². The zero-order chi connectivity index (χ0) is 17.6. The monoisotopic (exact) mass is 328 g/mol. The standard InChI is InChI=1S/C12H13N3O8/c1-22-11(16)5-10(13)12(17)23-6-7-2-8(14(18)19)4-9(3-7)15(20)21/h2-4,10H,5-6,13H2,1H3/p+1/t10-/m0/s1. The van der Waals surface area contributed by atoms with Gasteiger partial charge in [-0.1, -0.05) is 0 Å². The van der Waals surface area contributed by atoms with Crippen LogP contribution >= 0.6 is 0 Å². The zero-order valence-corrected chi connectivity index (χ0v) is 12.1. The second kappa shape index (κ2) is 7.79. The number of rotatable bonds is 7. The zero-order valence-electron chi connectivity index (χ0n) is 12.1. The molecule has 0 spiro atoms. The summed E-state index contributed by atoms with van der Waals surface area (Å²) in [6.45, 7) is -0.422. The molecule has 124 valence electrons. The van der Waals surface area contributed by atoms with Crippen molar-refractivity contribution in [1.29, 1.82) is 0 Å². The number of hydrogen-bond donors (Lipinski definition) is 1. The summed E-state index contributed by atoms with van der Waals surface area (Å²) in [6, 6.07) is 1.89. The maximum Gasteiger partial charge on any atom is 0.365 e. The van der Waals surface area contributed by atoms with Crippen LogP contribution in [0.2, 0.25) is 0 Å². The number of methoxy groups -OCH3 is 1. The maximum atomic E-state index is 11.6. The van der Waals surface area contributed by atoms with Crippen molar-refractivity contribution in [3.8, 4) is 0 Å². The van der Waals surface area contributed by atoms with Gasteiger partial charge in [-0.3, -0.25) is 25.0 Å². The molecule has 0 fully saturated rings. The second-order valence-corrected chi connectivity index (χ2v) is 4.46. The normalized spacial score (nSPS) is 11.4. The molecule has 0 unspecified atom stereocenters. The van der Waals surface area contributed by atoms with Gasteiger partial charge in [0.05, 0.1) is 23.0 Å². The molecule has 0 saturated heterocycles. The number of benzene rings is 1. The molecule has 0 amide bonds. The van der Waals surface area contributed by atoms with Gasteiger partial charge in [0.1, 0.15) is 13.0 Å². The van der Waals surface area contributed by atoms with Crippen LogP contribution in [0.15, 0.2) is 18.2 Å². The Morgan fingerprint density at radius 3 is 2.13 bits per heavy atom. The molecular weight excluding hydrogens is 314 g/mol. The molecule has 0 aliphatic carbocycles. The van der Waals surface area contributed by atoms with E-state index in [2.05, 4.69) is 10.5 Å². The van der Waals surface area contributed by atoms with E-state index in [1.165, 1.54) is 0 Å². The Balaban J connectivity index is 2.80. The second-order valence-electron chi connectivity index (χ2n) is 4.46. The lowest BCUT2D eigenvalue weighted by Gasteiger charge is -2.08. The van der Waals surface area contributed by atoms with Crippen LogP contribution in [0.25, 0.3) is 0 Å². The van der Waals surface area contributed by atoms with Crippen molar-refractivity contribution >= 4 is 23.3 Å². The molecule has 0 aromatic heterocycles. The average Bonchev–Trinajstić information content (AvgIpc) is 2.51. The number of hydrogen-bond acceptors (Lipinski definition) is 8. The molecule has 0 radical (unpaired) electrons. The summed E-state index contributed by atoms with van der Waals surface area (Å²) >= 11 is 0. The Hall–Kier alpha value is -3.08. The lowest BCUT2D eigenvalue weighted by atomic mass is 10.2. The summed E-state index contributed by atoms with van der Waals surface area (Å²) in [7, 11) is 1.16. The fraction of sp³-hybridized carbons (Fsp3) is 0.333. The topological polar surface area (TPSA) is 167 Å². The first-order valence-electron chi connectivity index (χ1n) is 6.24. The molecular formula is C12H14N3O8+. The highest BCUT2D eigenvalue weighted by Crippen LogP contribution is 2.23. The molecule has 11 heteroatoms. The minimum absolute atomic E-state index is 0.0736. The maximum absolute atomic E-state index is 11.6. The average molecular weight is 328 g/mol. The molecule has 1 atom stereocenters. The number of carbonyl (C=O) groups is 2. The fourth-order valence-electron chi connectivity index (χ4n) is 1.59. The summed E-state index contributed by atoms with van der Waals surface area (Å²) in [4.78, 5) is 42.6. The summed E-state index contributed by atoms with van der Waals surface area (Å²) in [5.74, 6) is -1.47. The summed E-state index contributed by atoms with van der Waals surface area (Å²) in [5.41, 5.74) is 2.52. The summed E-state index contributed by atoms with van der Waals surface area (Å²) < 4.78 is 9.23. The fourth-order valence-corrected chi connectivity index (χ4v) is 1.59. The summed E-state index contributed by atoms with van der Waals surface area (Å²) in [6.07, 6.45) is -0.287. The predicted octanol–water partition coefficient (Wildman–Crippen LogP) is -0.280. The SMILES string of the molecule is COC(=O)C[C@H]([NH3+])C(=O)OCc1cc([N+](=O)[O-])cc([N+](=O)[O-])c1. The number of non-ortho nitro benzene ring substituents is 2. The lowest BCUT2D eigenvalue weighted by Crippen LogP contribution is -2.66. The van der Waals surface area contributed by atoms with Gasteiger partial charge in [-0.15, -0.1) is 0 Å². The van der Waals surface area contributed by atoms with Crippen molar-refractivity contribution in [1.82, 2.24) is 0 Å². The Kier molecular flexibility index (Phi) is 6.09. The molecule has 11 nitrogen and oxygen atoms in total. The van der Waals surface area contributed by atoms with E-state index in [4.69, 9.17) is 4.74 Å². The third kappa shape index (κ3) is 5.32. The Labute approximate surface area is 129 Å². The van der Waals surface area contributed by atoms with Gasteiger partial charge in [-0.05, 0) is 0 Å². The van der Waals surface area contributed by atoms with Crippen molar-refractivity contribution in [3.63, 3.8) is 0 Å². The van der Waals surface area contributed by atoms with Gasteiger partial charge in [-0.25, -0.2) is 4.79 Å². The number of nitrogens with zero attached hydrogens (tertiary/aromatic N) is 2. The first kappa shape index (κ1) is 18.0. The number of nitro benzene ring substituents is 2. The van der Waals surface area contributed by atoms with Crippen LogP contribution in [0.3, 0.4) is 0 Å². The third-order valence-corrected chi connectivity index (χ3v) is 2.74. The van der Waals surface area contributed by atoms with E-state index < -0.39 is 45.8 Å². The van der Waals surface area contributed by atoms with Crippen LogP contribution in [0.1, 0.15) is 12.0 Å². The van der Waals surface area contributed by atoms with Crippen LogP contribution in [0.5, 0.6) is 0 Å². The molecule has 1 rings (SSSR count).